The molecule has 0 saturated carbocycles. The molecule has 1 aliphatic carbocycles. The Morgan fingerprint density at radius 1 is 1.26 bits per heavy atom. The third kappa shape index (κ3) is 1.72. The number of halogens is 1. The normalized spacial score (nSPS) is 27.7. The maximum atomic E-state index is 13.5. The van der Waals surface area contributed by atoms with Crippen LogP contribution in [0.15, 0.2) is 47.9 Å². The third-order valence-corrected chi connectivity index (χ3v) is 5.13. The average Bonchev–Trinajstić information content (AvgIpc) is 3.09. The molecule has 0 fully saturated rings. The molecule has 3 heteroatoms. The summed E-state index contributed by atoms with van der Waals surface area (Å²) in [5.74, 6) is 0.709. The van der Waals surface area contributed by atoms with Crippen molar-refractivity contribution in [2.45, 2.75) is 18.4 Å². The summed E-state index contributed by atoms with van der Waals surface area (Å²) >= 11 is 1.79. The summed E-state index contributed by atoms with van der Waals surface area (Å²) in [5, 5.41) is 5.72. The van der Waals surface area contributed by atoms with Crippen molar-refractivity contribution in [3.8, 4) is 0 Å². The van der Waals surface area contributed by atoms with Gasteiger partial charge in [-0.2, -0.15) is 0 Å². The number of fused-ring (bicyclic) bond motifs is 3. The van der Waals surface area contributed by atoms with Crippen molar-refractivity contribution in [2.24, 2.45) is 5.92 Å². The highest BCUT2D eigenvalue weighted by atomic mass is 32.1. The minimum absolute atomic E-state index is 0.144. The Morgan fingerprint density at radius 2 is 2.21 bits per heavy atom. The van der Waals surface area contributed by atoms with Gasteiger partial charge in [0.15, 0.2) is 0 Å². The predicted molar refractivity (Wildman–Crippen MR) is 77.1 cm³/mol. The van der Waals surface area contributed by atoms with Crippen LogP contribution in [-0.4, -0.2) is 0 Å². The molecule has 4 rings (SSSR count). The number of rotatable bonds is 1. The number of nitrogens with one attached hydrogen (secondary N) is 1. The molecule has 3 unspecified atom stereocenters. The molecular weight excluding hydrogens is 257 g/mol. The van der Waals surface area contributed by atoms with Crippen LogP contribution in [0.3, 0.4) is 0 Å². The molecule has 1 aromatic heterocycles. The van der Waals surface area contributed by atoms with E-state index < -0.39 is 0 Å². The van der Waals surface area contributed by atoms with Crippen molar-refractivity contribution < 1.29 is 4.39 Å². The van der Waals surface area contributed by atoms with Crippen LogP contribution in [-0.2, 0) is 0 Å². The SMILES string of the molecule is Fc1ccc2c(c1)C1C=CCC1C(c1cccs1)N2. The van der Waals surface area contributed by atoms with Crippen molar-refractivity contribution in [3.63, 3.8) is 0 Å². The van der Waals surface area contributed by atoms with Crippen molar-refractivity contribution in [3.05, 3.63) is 64.1 Å². The lowest BCUT2D eigenvalue weighted by molar-refractivity contribution is 0.428. The molecule has 0 saturated heterocycles. The smallest absolute Gasteiger partial charge is 0.123 e. The summed E-state index contributed by atoms with van der Waals surface area (Å²) in [6.07, 6.45) is 5.54. The zero-order valence-corrected chi connectivity index (χ0v) is 11.2. The molecule has 3 atom stereocenters. The van der Waals surface area contributed by atoms with Gasteiger partial charge in [-0.25, -0.2) is 4.39 Å². The highest BCUT2D eigenvalue weighted by molar-refractivity contribution is 7.10. The molecule has 0 spiro atoms. The van der Waals surface area contributed by atoms with E-state index in [0.29, 0.717) is 17.9 Å². The molecule has 1 N–H and O–H groups in total. The number of anilines is 1. The van der Waals surface area contributed by atoms with Gasteiger partial charge < -0.3 is 5.32 Å². The Morgan fingerprint density at radius 3 is 3.05 bits per heavy atom. The summed E-state index contributed by atoms with van der Waals surface area (Å²) in [6, 6.07) is 9.72. The zero-order valence-electron chi connectivity index (χ0n) is 10.3. The molecule has 1 nitrogen and oxygen atoms in total. The molecule has 2 heterocycles. The van der Waals surface area contributed by atoms with Crippen molar-refractivity contribution >= 4 is 17.0 Å². The molecule has 0 amide bonds. The van der Waals surface area contributed by atoms with Crippen LogP contribution in [0.1, 0.15) is 28.8 Å². The fourth-order valence-electron chi connectivity index (χ4n) is 3.32. The summed E-state index contributed by atoms with van der Waals surface area (Å²) < 4.78 is 13.5. The Hall–Kier alpha value is -1.61. The quantitative estimate of drug-likeness (QED) is 0.740. The Kier molecular flexibility index (Phi) is 2.49. The summed E-state index contributed by atoms with van der Waals surface area (Å²) in [5.41, 5.74) is 2.18. The lowest BCUT2D eigenvalue weighted by atomic mass is 9.79. The summed E-state index contributed by atoms with van der Waals surface area (Å²) in [7, 11) is 0. The second kappa shape index (κ2) is 4.20. The predicted octanol–water partition coefficient (Wildman–Crippen LogP) is 4.71. The van der Waals surface area contributed by atoms with E-state index in [4.69, 9.17) is 0 Å². The number of hydrogen-bond donors (Lipinski definition) is 1. The molecule has 2 aliphatic rings. The molecule has 0 bridgehead atoms. The summed E-state index contributed by atoms with van der Waals surface area (Å²) in [6.45, 7) is 0. The van der Waals surface area contributed by atoms with Crippen molar-refractivity contribution in [2.75, 3.05) is 5.32 Å². The standard InChI is InChI=1S/C16H14FNS/c17-10-6-7-14-13(9-10)11-3-1-4-12(11)16(18-14)15-5-2-8-19-15/h1-3,5-9,11-12,16,18H,4H2. The number of benzene rings is 1. The highest BCUT2D eigenvalue weighted by Crippen LogP contribution is 2.50. The molecule has 1 aliphatic heterocycles. The largest absolute Gasteiger partial charge is 0.377 e. The zero-order chi connectivity index (χ0) is 12.8. The second-order valence-corrected chi connectivity index (χ2v) is 6.20. The molecular formula is C16H14FNS. The fraction of sp³-hybridized carbons (Fsp3) is 0.250. The van der Waals surface area contributed by atoms with Gasteiger partial charge in [-0.15, -0.1) is 11.3 Å². The van der Waals surface area contributed by atoms with Crippen LogP contribution >= 0.6 is 11.3 Å². The van der Waals surface area contributed by atoms with Gasteiger partial charge in [-0.05, 0) is 47.5 Å². The van der Waals surface area contributed by atoms with Gasteiger partial charge in [0.1, 0.15) is 5.82 Å². The average molecular weight is 271 g/mol. The van der Waals surface area contributed by atoms with E-state index in [2.05, 4.69) is 35.0 Å². The van der Waals surface area contributed by atoms with Gasteiger partial charge in [-0.1, -0.05) is 18.2 Å². The fourth-order valence-corrected chi connectivity index (χ4v) is 4.17. The first-order chi connectivity index (χ1) is 9.33. The van der Waals surface area contributed by atoms with Gasteiger partial charge in [0.2, 0.25) is 0 Å². The van der Waals surface area contributed by atoms with Crippen LogP contribution < -0.4 is 5.32 Å². The van der Waals surface area contributed by atoms with Gasteiger partial charge >= 0.3 is 0 Å². The van der Waals surface area contributed by atoms with Crippen molar-refractivity contribution in [1.82, 2.24) is 0 Å². The maximum absolute atomic E-state index is 13.5. The molecule has 96 valence electrons. The molecule has 19 heavy (non-hydrogen) atoms. The monoisotopic (exact) mass is 271 g/mol. The maximum Gasteiger partial charge on any atom is 0.123 e. The van der Waals surface area contributed by atoms with Gasteiger partial charge in [0, 0.05) is 16.5 Å². The molecule has 1 aromatic carbocycles. The molecule has 0 radical (unpaired) electrons. The van der Waals surface area contributed by atoms with E-state index in [9.17, 15) is 4.39 Å². The third-order valence-electron chi connectivity index (χ3n) is 4.17. The van der Waals surface area contributed by atoms with Gasteiger partial charge in [-0.3, -0.25) is 0 Å². The van der Waals surface area contributed by atoms with E-state index in [-0.39, 0.29) is 5.82 Å². The first-order valence-corrected chi connectivity index (χ1v) is 7.47. The van der Waals surface area contributed by atoms with Crippen LogP contribution in [0.2, 0.25) is 0 Å². The second-order valence-electron chi connectivity index (χ2n) is 5.22. The Labute approximate surface area is 115 Å². The minimum Gasteiger partial charge on any atom is -0.377 e. The van der Waals surface area contributed by atoms with E-state index >= 15 is 0 Å². The van der Waals surface area contributed by atoms with E-state index in [1.165, 1.54) is 10.9 Å². The number of hydrogen-bond acceptors (Lipinski definition) is 2. The first kappa shape index (κ1) is 11.2. The lowest BCUT2D eigenvalue weighted by Crippen LogP contribution is -2.28. The first-order valence-electron chi connectivity index (χ1n) is 6.59. The van der Waals surface area contributed by atoms with E-state index in [0.717, 1.165) is 17.7 Å². The van der Waals surface area contributed by atoms with Crippen LogP contribution in [0.25, 0.3) is 0 Å². The Balaban J connectivity index is 1.82. The number of thiophene rings is 1. The highest BCUT2D eigenvalue weighted by Gasteiger charge is 2.38. The van der Waals surface area contributed by atoms with E-state index in [1.807, 2.05) is 6.07 Å². The van der Waals surface area contributed by atoms with Crippen LogP contribution in [0.5, 0.6) is 0 Å². The van der Waals surface area contributed by atoms with E-state index in [1.54, 1.807) is 17.4 Å². The topological polar surface area (TPSA) is 12.0 Å². The van der Waals surface area contributed by atoms with Crippen molar-refractivity contribution in [1.29, 1.82) is 0 Å². The minimum atomic E-state index is -0.144. The van der Waals surface area contributed by atoms with Gasteiger partial charge in [0.25, 0.3) is 0 Å². The van der Waals surface area contributed by atoms with Gasteiger partial charge in [0.05, 0.1) is 6.04 Å². The lowest BCUT2D eigenvalue weighted by Gasteiger charge is -2.36. The van der Waals surface area contributed by atoms with Crippen LogP contribution in [0, 0.1) is 11.7 Å². The Bertz CT molecular complexity index is 632. The summed E-state index contributed by atoms with van der Waals surface area (Å²) in [4.78, 5) is 1.37. The molecule has 2 aromatic rings. The van der Waals surface area contributed by atoms with Crippen LogP contribution in [0.4, 0.5) is 10.1 Å². The number of allylic oxidation sites excluding steroid dienone is 2.